The van der Waals surface area contributed by atoms with Crippen molar-refractivity contribution in [1.29, 1.82) is 0 Å². The summed E-state index contributed by atoms with van der Waals surface area (Å²) in [6.45, 7) is 0.811. The maximum absolute atomic E-state index is 13.3. The third-order valence-corrected chi connectivity index (χ3v) is 4.72. The highest BCUT2D eigenvalue weighted by atomic mass is 19.3. The van der Waals surface area contributed by atoms with E-state index in [1.54, 1.807) is 30.1 Å². The SMILES string of the molecule is COCc1cccc(Cn2cc(-c3cc(-c4ccc5c(c4)OC(F)(F)O5)nc(N)n3)nn2)n1. The molecular weight excluding hydrogens is 436 g/mol. The van der Waals surface area contributed by atoms with Crippen LogP contribution < -0.4 is 15.2 Å². The Balaban J connectivity index is 1.41. The Hall–Kier alpha value is -4.19. The molecule has 1 aromatic carbocycles. The summed E-state index contributed by atoms with van der Waals surface area (Å²) < 4.78 is 42.3. The number of alkyl halides is 2. The number of fused-ring (bicyclic) bond motifs is 1. The van der Waals surface area contributed by atoms with Crippen LogP contribution >= 0.6 is 0 Å². The number of aromatic nitrogens is 6. The minimum atomic E-state index is -3.70. The molecule has 33 heavy (non-hydrogen) atoms. The molecule has 5 rings (SSSR count). The van der Waals surface area contributed by atoms with Gasteiger partial charge in [0.05, 0.1) is 42.1 Å². The number of methoxy groups -OCH3 is 1. The van der Waals surface area contributed by atoms with Gasteiger partial charge in [-0.1, -0.05) is 11.3 Å². The monoisotopic (exact) mass is 453 g/mol. The number of anilines is 1. The van der Waals surface area contributed by atoms with Crippen molar-refractivity contribution >= 4 is 5.95 Å². The number of nitrogens with zero attached hydrogens (tertiary/aromatic N) is 6. The maximum Gasteiger partial charge on any atom is 0.586 e. The third-order valence-electron chi connectivity index (χ3n) is 4.72. The van der Waals surface area contributed by atoms with E-state index in [0.717, 1.165) is 11.4 Å². The Labute approximate surface area is 186 Å². The molecule has 2 N–H and O–H groups in total. The lowest BCUT2D eigenvalue weighted by Gasteiger charge is -2.06. The Kier molecular flexibility index (Phi) is 5.05. The van der Waals surface area contributed by atoms with Gasteiger partial charge in [0.25, 0.3) is 0 Å². The van der Waals surface area contributed by atoms with E-state index in [1.165, 1.54) is 12.1 Å². The van der Waals surface area contributed by atoms with Gasteiger partial charge in [-0.25, -0.2) is 14.6 Å². The van der Waals surface area contributed by atoms with E-state index in [-0.39, 0.29) is 17.4 Å². The second-order valence-electron chi connectivity index (χ2n) is 7.18. The topological polar surface area (TPSA) is 123 Å². The number of rotatable bonds is 6. The molecule has 0 spiro atoms. The van der Waals surface area contributed by atoms with Crippen LogP contribution in [0.4, 0.5) is 14.7 Å². The molecular formula is C21H17F2N7O3. The van der Waals surface area contributed by atoms with E-state index in [2.05, 4.69) is 34.7 Å². The van der Waals surface area contributed by atoms with Crippen molar-refractivity contribution in [3.63, 3.8) is 0 Å². The number of nitrogens with two attached hydrogens (primary N) is 1. The summed E-state index contributed by atoms with van der Waals surface area (Å²) in [4.78, 5) is 12.9. The lowest BCUT2D eigenvalue weighted by molar-refractivity contribution is -0.286. The second kappa shape index (κ2) is 8.06. The molecule has 0 radical (unpaired) electrons. The molecule has 10 nitrogen and oxygen atoms in total. The number of ether oxygens (including phenoxy) is 3. The van der Waals surface area contributed by atoms with E-state index in [1.807, 2.05) is 18.2 Å². The van der Waals surface area contributed by atoms with Crippen LogP contribution in [0.2, 0.25) is 0 Å². The predicted octanol–water partition coefficient (Wildman–Crippen LogP) is 2.90. The Morgan fingerprint density at radius 3 is 2.61 bits per heavy atom. The summed E-state index contributed by atoms with van der Waals surface area (Å²) in [5.74, 6) is -0.156. The molecule has 0 fully saturated rings. The molecule has 4 heterocycles. The van der Waals surface area contributed by atoms with Gasteiger partial charge in [0, 0.05) is 12.7 Å². The maximum atomic E-state index is 13.3. The summed E-state index contributed by atoms with van der Waals surface area (Å²) in [5, 5.41) is 8.30. The molecule has 4 aromatic rings. The fourth-order valence-corrected chi connectivity index (χ4v) is 3.36. The largest absolute Gasteiger partial charge is 0.586 e. The number of nitrogen functional groups attached to an aromatic ring is 1. The highest BCUT2D eigenvalue weighted by Crippen LogP contribution is 2.42. The van der Waals surface area contributed by atoms with Gasteiger partial charge in [-0.2, -0.15) is 0 Å². The van der Waals surface area contributed by atoms with Gasteiger partial charge in [-0.15, -0.1) is 13.9 Å². The molecule has 1 aliphatic rings. The predicted molar refractivity (Wildman–Crippen MR) is 111 cm³/mol. The van der Waals surface area contributed by atoms with E-state index in [9.17, 15) is 8.78 Å². The van der Waals surface area contributed by atoms with E-state index in [0.29, 0.717) is 35.8 Å². The number of pyridine rings is 1. The first-order valence-electron chi connectivity index (χ1n) is 9.77. The quantitative estimate of drug-likeness (QED) is 0.469. The summed E-state index contributed by atoms with van der Waals surface area (Å²) >= 11 is 0. The molecule has 0 saturated heterocycles. The van der Waals surface area contributed by atoms with Gasteiger partial charge >= 0.3 is 6.29 Å². The van der Waals surface area contributed by atoms with Crippen molar-refractivity contribution in [3.8, 4) is 34.1 Å². The molecule has 0 aliphatic carbocycles. The zero-order valence-corrected chi connectivity index (χ0v) is 17.3. The normalized spacial score (nSPS) is 13.9. The second-order valence-corrected chi connectivity index (χ2v) is 7.18. The minimum absolute atomic E-state index is 0.00557. The lowest BCUT2D eigenvalue weighted by atomic mass is 10.1. The van der Waals surface area contributed by atoms with Crippen LogP contribution in [-0.4, -0.2) is 43.4 Å². The number of benzene rings is 1. The first-order chi connectivity index (χ1) is 15.9. The molecule has 0 saturated carbocycles. The Morgan fingerprint density at radius 2 is 1.76 bits per heavy atom. The minimum Gasteiger partial charge on any atom is -0.395 e. The van der Waals surface area contributed by atoms with Crippen molar-refractivity contribution in [2.45, 2.75) is 19.4 Å². The van der Waals surface area contributed by atoms with E-state index in [4.69, 9.17) is 10.5 Å². The molecule has 1 aliphatic heterocycles. The first-order valence-corrected chi connectivity index (χ1v) is 9.77. The molecule has 0 amide bonds. The fourth-order valence-electron chi connectivity index (χ4n) is 3.36. The van der Waals surface area contributed by atoms with Gasteiger partial charge in [0.2, 0.25) is 5.95 Å². The standard InChI is InChI=1S/C21H17F2N7O3/c1-31-11-14-4-2-3-13(25-14)9-30-10-17(28-29-30)16-8-15(26-20(24)27-16)12-5-6-18-19(7-12)33-21(22,23)32-18/h2-8,10H,9,11H2,1H3,(H2,24,26,27). The number of hydrogen-bond acceptors (Lipinski definition) is 9. The summed E-state index contributed by atoms with van der Waals surface area (Å²) in [6, 6.07) is 11.6. The highest BCUT2D eigenvalue weighted by molar-refractivity contribution is 5.69. The van der Waals surface area contributed by atoms with Gasteiger partial charge in [0.1, 0.15) is 5.69 Å². The van der Waals surface area contributed by atoms with Gasteiger partial charge in [-0.3, -0.25) is 4.98 Å². The summed E-state index contributed by atoms with van der Waals surface area (Å²) in [6.07, 6.45) is -2.00. The molecule has 0 bridgehead atoms. The Bertz CT molecular complexity index is 1330. The van der Waals surface area contributed by atoms with Crippen LogP contribution in [0.1, 0.15) is 11.4 Å². The number of halogens is 2. The van der Waals surface area contributed by atoms with Crippen molar-refractivity contribution < 1.29 is 23.0 Å². The summed E-state index contributed by atoms with van der Waals surface area (Å²) in [5.41, 5.74) is 9.28. The van der Waals surface area contributed by atoms with E-state index >= 15 is 0 Å². The Morgan fingerprint density at radius 1 is 0.970 bits per heavy atom. The van der Waals surface area contributed by atoms with Crippen LogP contribution in [0.5, 0.6) is 11.5 Å². The van der Waals surface area contributed by atoms with Crippen LogP contribution in [0, 0.1) is 0 Å². The summed E-state index contributed by atoms with van der Waals surface area (Å²) in [7, 11) is 1.61. The first kappa shape index (κ1) is 20.7. The molecule has 3 aromatic heterocycles. The highest BCUT2D eigenvalue weighted by Gasteiger charge is 2.43. The van der Waals surface area contributed by atoms with Crippen molar-refractivity contribution in [2.24, 2.45) is 0 Å². The van der Waals surface area contributed by atoms with Crippen molar-refractivity contribution in [3.05, 3.63) is 60.0 Å². The van der Waals surface area contributed by atoms with Gasteiger partial charge in [0.15, 0.2) is 11.5 Å². The van der Waals surface area contributed by atoms with Crippen LogP contribution in [-0.2, 0) is 17.9 Å². The van der Waals surface area contributed by atoms with Crippen molar-refractivity contribution in [2.75, 3.05) is 12.8 Å². The van der Waals surface area contributed by atoms with Gasteiger partial charge < -0.3 is 19.9 Å². The average Bonchev–Trinajstić information content (AvgIpc) is 3.35. The van der Waals surface area contributed by atoms with Crippen molar-refractivity contribution in [1.82, 2.24) is 29.9 Å². The van der Waals surface area contributed by atoms with Crippen LogP contribution in [0.3, 0.4) is 0 Å². The molecule has 0 unspecified atom stereocenters. The third kappa shape index (κ3) is 4.41. The zero-order chi connectivity index (χ0) is 23.0. The average molecular weight is 453 g/mol. The van der Waals surface area contributed by atoms with Crippen LogP contribution in [0.15, 0.2) is 48.7 Å². The van der Waals surface area contributed by atoms with E-state index < -0.39 is 6.29 Å². The van der Waals surface area contributed by atoms with Crippen LogP contribution in [0.25, 0.3) is 22.6 Å². The van der Waals surface area contributed by atoms with Gasteiger partial charge in [-0.05, 0) is 36.4 Å². The molecule has 0 atom stereocenters. The number of hydrogen-bond donors (Lipinski definition) is 1. The zero-order valence-electron chi connectivity index (χ0n) is 17.3. The smallest absolute Gasteiger partial charge is 0.395 e. The lowest BCUT2D eigenvalue weighted by Crippen LogP contribution is -2.25. The molecule has 168 valence electrons. The fraction of sp³-hybridized carbons (Fsp3) is 0.190. The molecule has 12 heteroatoms.